The van der Waals surface area contributed by atoms with Gasteiger partial charge in [0.05, 0.1) is 11.9 Å². The van der Waals surface area contributed by atoms with Crippen LogP contribution in [-0.4, -0.2) is 50.5 Å². The van der Waals surface area contributed by atoms with Gasteiger partial charge in [-0.2, -0.15) is 0 Å². The standard InChI is InChI=1S/C30H35Cl2N3O4S/c1-4-33-30(37)28(20-23-12-6-5-7-13-23)34(21-24-14-8-9-15-26(24)32)29(36)18-11-19-35(40(3,38)39)27-17-10-16-25(31)22(27)2/h5-10,12-17,28H,4,11,18-21H2,1-3H3,(H,33,37)/t28-/m1/s1. The van der Waals surface area contributed by atoms with Crippen LogP contribution in [0.5, 0.6) is 0 Å². The molecule has 0 bridgehead atoms. The molecule has 7 nitrogen and oxygen atoms in total. The summed E-state index contributed by atoms with van der Waals surface area (Å²) in [4.78, 5) is 28.7. The summed E-state index contributed by atoms with van der Waals surface area (Å²) in [6.45, 7) is 4.22. The second-order valence-electron chi connectivity index (χ2n) is 9.54. The summed E-state index contributed by atoms with van der Waals surface area (Å²) in [5.74, 6) is -0.539. The zero-order chi connectivity index (χ0) is 29.3. The molecule has 214 valence electrons. The molecule has 0 radical (unpaired) electrons. The third-order valence-corrected chi connectivity index (χ3v) is 8.54. The summed E-state index contributed by atoms with van der Waals surface area (Å²) in [6, 6.07) is 21.0. The molecule has 3 rings (SSSR count). The molecule has 0 aromatic heterocycles. The van der Waals surface area contributed by atoms with E-state index >= 15 is 0 Å². The Morgan fingerprint density at radius 1 is 0.925 bits per heavy atom. The summed E-state index contributed by atoms with van der Waals surface area (Å²) in [7, 11) is -3.64. The monoisotopic (exact) mass is 603 g/mol. The molecule has 0 aliphatic carbocycles. The number of benzene rings is 3. The van der Waals surface area contributed by atoms with Crippen LogP contribution < -0.4 is 9.62 Å². The van der Waals surface area contributed by atoms with Crippen molar-refractivity contribution < 1.29 is 18.0 Å². The van der Waals surface area contributed by atoms with Gasteiger partial charge in [-0.25, -0.2) is 8.42 Å². The van der Waals surface area contributed by atoms with Gasteiger partial charge in [0.1, 0.15) is 6.04 Å². The van der Waals surface area contributed by atoms with Gasteiger partial charge in [-0.3, -0.25) is 13.9 Å². The molecule has 0 spiro atoms. The van der Waals surface area contributed by atoms with E-state index in [1.165, 1.54) is 4.31 Å². The van der Waals surface area contributed by atoms with Crippen LogP contribution in [0.1, 0.15) is 36.5 Å². The lowest BCUT2D eigenvalue weighted by atomic mass is 10.0. The molecule has 0 fully saturated rings. The molecule has 10 heteroatoms. The molecule has 3 aromatic rings. The van der Waals surface area contributed by atoms with Gasteiger partial charge >= 0.3 is 0 Å². The van der Waals surface area contributed by atoms with Crippen LogP contribution in [0.4, 0.5) is 5.69 Å². The van der Waals surface area contributed by atoms with Crippen molar-refractivity contribution in [1.82, 2.24) is 10.2 Å². The molecule has 0 heterocycles. The quantitative estimate of drug-likeness (QED) is 0.274. The molecule has 40 heavy (non-hydrogen) atoms. The molecule has 0 saturated carbocycles. The van der Waals surface area contributed by atoms with Crippen LogP contribution in [0, 0.1) is 6.92 Å². The van der Waals surface area contributed by atoms with Crippen molar-refractivity contribution >= 4 is 50.7 Å². The van der Waals surface area contributed by atoms with E-state index in [4.69, 9.17) is 23.2 Å². The van der Waals surface area contributed by atoms with Gasteiger partial charge in [-0.15, -0.1) is 0 Å². The number of halogens is 2. The zero-order valence-corrected chi connectivity index (χ0v) is 25.3. The first-order chi connectivity index (χ1) is 19.0. The Morgan fingerprint density at radius 3 is 2.23 bits per heavy atom. The topological polar surface area (TPSA) is 86.8 Å². The summed E-state index contributed by atoms with van der Waals surface area (Å²) < 4.78 is 26.6. The Bertz CT molecular complexity index is 1420. The Hall–Kier alpha value is -3.07. The number of nitrogens with one attached hydrogen (secondary N) is 1. The van der Waals surface area contributed by atoms with E-state index in [1.807, 2.05) is 49.4 Å². The van der Waals surface area contributed by atoms with E-state index in [9.17, 15) is 18.0 Å². The van der Waals surface area contributed by atoms with Gasteiger partial charge in [0.15, 0.2) is 0 Å². The van der Waals surface area contributed by atoms with Gasteiger partial charge in [0.2, 0.25) is 21.8 Å². The van der Waals surface area contributed by atoms with Crippen LogP contribution >= 0.6 is 23.2 Å². The fourth-order valence-corrected chi connectivity index (χ4v) is 5.89. The first-order valence-corrected chi connectivity index (χ1v) is 15.7. The van der Waals surface area contributed by atoms with Gasteiger partial charge < -0.3 is 10.2 Å². The third-order valence-electron chi connectivity index (χ3n) is 6.58. The number of amides is 2. The predicted octanol–water partition coefficient (Wildman–Crippen LogP) is 5.62. The number of rotatable bonds is 13. The van der Waals surface area contributed by atoms with Crippen molar-refractivity contribution in [3.63, 3.8) is 0 Å². The second-order valence-corrected chi connectivity index (χ2v) is 12.3. The maximum Gasteiger partial charge on any atom is 0.243 e. The number of hydrogen-bond donors (Lipinski definition) is 1. The Morgan fingerprint density at radius 2 is 1.57 bits per heavy atom. The number of carbonyl (C=O) groups is 2. The minimum Gasteiger partial charge on any atom is -0.355 e. The summed E-state index contributed by atoms with van der Waals surface area (Å²) >= 11 is 12.7. The lowest BCUT2D eigenvalue weighted by Gasteiger charge is -2.32. The minimum absolute atomic E-state index is 0.0286. The highest BCUT2D eigenvalue weighted by Gasteiger charge is 2.31. The van der Waals surface area contributed by atoms with Crippen LogP contribution in [0.15, 0.2) is 72.8 Å². The van der Waals surface area contributed by atoms with Crippen molar-refractivity contribution in [3.8, 4) is 0 Å². The number of hydrogen-bond acceptors (Lipinski definition) is 4. The number of likely N-dealkylation sites (N-methyl/N-ethyl adjacent to an activating group) is 1. The van der Waals surface area contributed by atoms with Crippen LogP contribution in [0.2, 0.25) is 10.0 Å². The van der Waals surface area contributed by atoms with Crippen molar-refractivity contribution in [2.75, 3.05) is 23.7 Å². The Kier molecular flexibility index (Phi) is 11.4. The SMILES string of the molecule is CCNC(=O)[C@@H](Cc1ccccc1)N(Cc1ccccc1Cl)C(=O)CCCN(c1cccc(Cl)c1C)S(C)(=O)=O. The van der Waals surface area contributed by atoms with Crippen molar-refractivity contribution in [2.45, 2.75) is 45.7 Å². The van der Waals surface area contributed by atoms with E-state index in [-0.39, 0.29) is 37.7 Å². The maximum atomic E-state index is 13.8. The van der Waals surface area contributed by atoms with Gasteiger partial charge in [0.25, 0.3) is 0 Å². The van der Waals surface area contributed by atoms with Crippen molar-refractivity contribution in [1.29, 1.82) is 0 Å². The van der Waals surface area contributed by atoms with Gasteiger partial charge in [-0.05, 0) is 55.2 Å². The molecule has 0 unspecified atom stereocenters. The third kappa shape index (κ3) is 8.46. The Labute approximate surface area is 247 Å². The summed E-state index contributed by atoms with van der Waals surface area (Å²) in [5.41, 5.74) is 2.74. The highest BCUT2D eigenvalue weighted by atomic mass is 35.5. The molecule has 0 saturated heterocycles. The van der Waals surface area contributed by atoms with Crippen LogP contribution in [0.3, 0.4) is 0 Å². The molecule has 1 atom stereocenters. The molecule has 2 amide bonds. The first kappa shape index (κ1) is 31.5. The number of nitrogens with zero attached hydrogens (tertiary/aromatic N) is 2. The maximum absolute atomic E-state index is 13.8. The van der Waals surface area contributed by atoms with E-state index in [1.54, 1.807) is 42.2 Å². The largest absolute Gasteiger partial charge is 0.355 e. The van der Waals surface area contributed by atoms with E-state index in [0.717, 1.165) is 11.8 Å². The molecular formula is C30H35Cl2N3O4S. The molecule has 0 aliphatic heterocycles. The van der Waals surface area contributed by atoms with E-state index in [0.29, 0.717) is 39.8 Å². The second kappa shape index (κ2) is 14.5. The summed E-state index contributed by atoms with van der Waals surface area (Å²) in [5, 5.41) is 3.82. The van der Waals surface area contributed by atoms with E-state index < -0.39 is 16.1 Å². The first-order valence-electron chi connectivity index (χ1n) is 13.1. The predicted molar refractivity (Wildman–Crippen MR) is 162 cm³/mol. The highest BCUT2D eigenvalue weighted by Crippen LogP contribution is 2.29. The van der Waals surface area contributed by atoms with Crippen LogP contribution in [-0.2, 0) is 32.6 Å². The lowest BCUT2D eigenvalue weighted by Crippen LogP contribution is -2.50. The fourth-order valence-electron chi connectivity index (χ4n) is 4.50. The normalized spacial score (nSPS) is 12.0. The van der Waals surface area contributed by atoms with Crippen molar-refractivity contribution in [3.05, 3.63) is 99.5 Å². The minimum atomic E-state index is -3.64. The van der Waals surface area contributed by atoms with Gasteiger partial charge in [0, 0.05) is 42.5 Å². The number of anilines is 1. The molecule has 3 aromatic carbocycles. The molecular weight excluding hydrogens is 569 g/mol. The fraction of sp³-hybridized carbons (Fsp3) is 0.333. The van der Waals surface area contributed by atoms with E-state index in [2.05, 4.69) is 5.32 Å². The average molecular weight is 605 g/mol. The zero-order valence-electron chi connectivity index (χ0n) is 22.9. The van der Waals surface area contributed by atoms with Crippen LogP contribution in [0.25, 0.3) is 0 Å². The molecule has 0 aliphatic rings. The Balaban J connectivity index is 1.89. The highest BCUT2D eigenvalue weighted by molar-refractivity contribution is 7.92. The lowest BCUT2D eigenvalue weighted by molar-refractivity contribution is -0.141. The smallest absolute Gasteiger partial charge is 0.243 e. The average Bonchev–Trinajstić information content (AvgIpc) is 2.91. The number of carbonyl (C=O) groups excluding carboxylic acids is 2. The molecule has 1 N–H and O–H groups in total. The summed E-state index contributed by atoms with van der Waals surface area (Å²) in [6.07, 6.45) is 1.72. The van der Waals surface area contributed by atoms with Gasteiger partial charge in [-0.1, -0.05) is 77.8 Å². The number of sulfonamides is 1. The van der Waals surface area contributed by atoms with Crippen molar-refractivity contribution in [2.24, 2.45) is 0 Å².